The summed E-state index contributed by atoms with van der Waals surface area (Å²) in [6.45, 7) is 6.61. The standard InChI is InChI=1S/C11H19F3N4/c1-8(2)6-18-10(16-7-17-18)5-15-9(3)4-11(12,13)14/h7-9,15H,4-6H2,1-3H3. The second-order valence-corrected chi connectivity index (χ2v) is 4.85. The number of hydrogen-bond donors (Lipinski definition) is 1. The molecule has 1 heterocycles. The van der Waals surface area contributed by atoms with E-state index in [1.54, 1.807) is 4.68 Å². The van der Waals surface area contributed by atoms with Gasteiger partial charge in [0, 0.05) is 12.6 Å². The topological polar surface area (TPSA) is 42.7 Å². The predicted molar refractivity (Wildman–Crippen MR) is 61.8 cm³/mol. The van der Waals surface area contributed by atoms with E-state index in [9.17, 15) is 13.2 Å². The molecule has 0 amide bonds. The number of nitrogens with zero attached hydrogens (tertiary/aromatic N) is 3. The molecule has 18 heavy (non-hydrogen) atoms. The predicted octanol–water partition coefficient (Wildman–Crippen LogP) is 2.36. The summed E-state index contributed by atoms with van der Waals surface area (Å²) in [5.41, 5.74) is 0. The van der Waals surface area contributed by atoms with Crippen LogP contribution in [0.25, 0.3) is 0 Å². The van der Waals surface area contributed by atoms with Gasteiger partial charge in [0.1, 0.15) is 12.2 Å². The molecule has 0 saturated carbocycles. The van der Waals surface area contributed by atoms with Gasteiger partial charge < -0.3 is 5.32 Å². The molecule has 0 spiro atoms. The first-order valence-corrected chi connectivity index (χ1v) is 5.94. The second-order valence-electron chi connectivity index (χ2n) is 4.85. The van der Waals surface area contributed by atoms with Gasteiger partial charge in [-0.3, -0.25) is 0 Å². The highest BCUT2D eigenvalue weighted by atomic mass is 19.4. The first kappa shape index (κ1) is 14.9. The van der Waals surface area contributed by atoms with Crippen LogP contribution < -0.4 is 5.32 Å². The van der Waals surface area contributed by atoms with Crippen molar-refractivity contribution in [2.75, 3.05) is 0 Å². The Hall–Kier alpha value is -1.11. The van der Waals surface area contributed by atoms with Crippen LogP contribution in [0.2, 0.25) is 0 Å². The van der Waals surface area contributed by atoms with Gasteiger partial charge in [0.25, 0.3) is 0 Å². The van der Waals surface area contributed by atoms with E-state index in [0.717, 1.165) is 0 Å². The van der Waals surface area contributed by atoms with Crippen molar-refractivity contribution in [2.24, 2.45) is 5.92 Å². The minimum atomic E-state index is -4.14. The highest BCUT2D eigenvalue weighted by molar-refractivity contribution is 4.85. The molecule has 0 aliphatic rings. The molecule has 0 radical (unpaired) electrons. The molecule has 1 rings (SSSR count). The van der Waals surface area contributed by atoms with Gasteiger partial charge >= 0.3 is 6.18 Å². The van der Waals surface area contributed by atoms with Gasteiger partial charge in [-0.2, -0.15) is 18.3 Å². The molecule has 1 unspecified atom stereocenters. The van der Waals surface area contributed by atoms with E-state index in [2.05, 4.69) is 15.4 Å². The van der Waals surface area contributed by atoms with E-state index in [-0.39, 0.29) is 0 Å². The Labute approximate surface area is 105 Å². The minimum Gasteiger partial charge on any atom is -0.307 e. The van der Waals surface area contributed by atoms with Gasteiger partial charge in [-0.15, -0.1) is 0 Å². The van der Waals surface area contributed by atoms with Crippen LogP contribution in [0.5, 0.6) is 0 Å². The second kappa shape index (κ2) is 6.17. The molecule has 0 fully saturated rings. The van der Waals surface area contributed by atoms with Crippen molar-refractivity contribution in [3.8, 4) is 0 Å². The van der Waals surface area contributed by atoms with Crippen molar-refractivity contribution in [2.45, 2.75) is 52.5 Å². The van der Waals surface area contributed by atoms with Crippen LogP contribution in [0.15, 0.2) is 6.33 Å². The van der Waals surface area contributed by atoms with Crippen molar-refractivity contribution in [3.05, 3.63) is 12.2 Å². The summed E-state index contributed by atoms with van der Waals surface area (Å²) >= 11 is 0. The Kier molecular flexibility index (Phi) is 5.13. The normalized spacial score (nSPS) is 14.2. The van der Waals surface area contributed by atoms with Crippen LogP contribution in [-0.4, -0.2) is 27.0 Å². The van der Waals surface area contributed by atoms with Gasteiger partial charge in [0.05, 0.1) is 13.0 Å². The largest absolute Gasteiger partial charge is 0.390 e. The van der Waals surface area contributed by atoms with E-state index in [1.165, 1.54) is 13.3 Å². The number of rotatable bonds is 6. The summed E-state index contributed by atoms with van der Waals surface area (Å²) in [7, 11) is 0. The van der Waals surface area contributed by atoms with E-state index in [0.29, 0.717) is 24.8 Å². The van der Waals surface area contributed by atoms with E-state index in [4.69, 9.17) is 0 Å². The quantitative estimate of drug-likeness (QED) is 0.857. The Balaban J connectivity index is 2.46. The van der Waals surface area contributed by atoms with Crippen LogP contribution in [0.3, 0.4) is 0 Å². The number of aromatic nitrogens is 3. The Morgan fingerprint density at radius 3 is 2.56 bits per heavy atom. The van der Waals surface area contributed by atoms with E-state index >= 15 is 0 Å². The van der Waals surface area contributed by atoms with Crippen LogP contribution in [0.1, 0.15) is 33.0 Å². The molecule has 4 nitrogen and oxygen atoms in total. The molecule has 1 atom stereocenters. The van der Waals surface area contributed by atoms with Gasteiger partial charge in [-0.25, -0.2) is 9.67 Å². The monoisotopic (exact) mass is 264 g/mol. The molecule has 0 aliphatic carbocycles. The van der Waals surface area contributed by atoms with Gasteiger partial charge in [-0.1, -0.05) is 13.8 Å². The Morgan fingerprint density at radius 2 is 2.00 bits per heavy atom. The van der Waals surface area contributed by atoms with Gasteiger partial charge in [0.15, 0.2) is 0 Å². The van der Waals surface area contributed by atoms with E-state index < -0.39 is 18.6 Å². The fraction of sp³-hybridized carbons (Fsp3) is 0.818. The molecular formula is C11H19F3N4. The zero-order chi connectivity index (χ0) is 13.8. The average Bonchev–Trinajstić information content (AvgIpc) is 2.58. The zero-order valence-corrected chi connectivity index (χ0v) is 10.8. The van der Waals surface area contributed by atoms with Crippen molar-refractivity contribution in [3.63, 3.8) is 0 Å². The van der Waals surface area contributed by atoms with Gasteiger partial charge in [-0.05, 0) is 12.8 Å². The lowest BCUT2D eigenvalue weighted by Gasteiger charge is -2.16. The third kappa shape index (κ3) is 5.48. The maximum absolute atomic E-state index is 12.1. The lowest BCUT2D eigenvalue weighted by Crippen LogP contribution is -2.31. The minimum absolute atomic E-state index is 0.296. The molecule has 0 bridgehead atoms. The van der Waals surface area contributed by atoms with Crippen molar-refractivity contribution >= 4 is 0 Å². The molecular weight excluding hydrogens is 245 g/mol. The summed E-state index contributed by atoms with van der Waals surface area (Å²) in [4.78, 5) is 4.05. The maximum atomic E-state index is 12.1. The molecule has 1 N–H and O–H groups in total. The highest BCUT2D eigenvalue weighted by Crippen LogP contribution is 2.21. The third-order valence-electron chi connectivity index (χ3n) is 2.38. The molecule has 1 aromatic rings. The fourth-order valence-corrected chi connectivity index (χ4v) is 1.61. The molecule has 1 aromatic heterocycles. The summed E-state index contributed by atoms with van der Waals surface area (Å²) in [5.74, 6) is 1.08. The zero-order valence-electron chi connectivity index (χ0n) is 10.8. The van der Waals surface area contributed by atoms with Gasteiger partial charge in [0.2, 0.25) is 0 Å². The number of halogens is 3. The van der Waals surface area contributed by atoms with Crippen LogP contribution in [0, 0.1) is 5.92 Å². The molecule has 7 heteroatoms. The lowest BCUT2D eigenvalue weighted by molar-refractivity contribution is -0.139. The molecule has 0 aliphatic heterocycles. The van der Waals surface area contributed by atoms with Crippen molar-refractivity contribution in [1.82, 2.24) is 20.1 Å². The van der Waals surface area contributed by atoms with Crippen molar-refractivity contribution in [1.29, 1.82) is 0 Å². The third-order valence-corrected chi connectivity index (χ3v) is 2.38. The summed E-state index contributed by atoms with van der Waals surface area (Å²) in [6, 6.07) is -0.630. The Morgan fingerprint density at radius 1 is 1.33 bits per heavy atom. The molecule has 0 aromatic carbocycles. The van der Waals surface area contributed by atoms with Crippen LogP contribution in [-0.2, 0) is 13.1 Å². The Bertz CT molecular complexity index is 359. The SMILES string of the molecule is CC(C)Cn1ncnc1CNC(C)CC(F)(F)F. The highest BCUT2D eigenvalue weighted by Gasteiger charge is 2.29. The molecule has 104 valence electrons. The number of hydrogen-bond acceptors (Lipinski definition) is 3. The number of alkyl halides is 3. The first-order valence-electron chi connectivity index (χ1n) is 5.94. The maximum Gasteiger partial charge on any atom is 0.390 e. The average molecular weight is 264 g/mol. The summed E-state index contributed by atoms with van der Waals surface area (Å²) in [5, 5.41) is 6.86. The molecule has 0 saturated heterocycles. The number of nitrogens with one attached hydrogen (secondary N) is 1. The first-order chi connectivity index (χ1) is 8.28. The summed E-state index contributed by atoms with van der Waals surface area (Å²) in [6.07, 6.45) is -3.56. The smallest absolute Gasteiger partial charge is 0.307 e. The lowest BCUT2D eigenvalue weighted by atomic mass is 10.2. The van der Waals surface area contributed by atoms with Crippen LogP contribution in [0.4, 0.5) is 13.2 Å². The summed E-state index contributed by atoms with van der Waals surface area (Å²) < 4.78 is 38.2. The van der Waals surface area contributed by atoms with Crippen LogP contribution >= 0.6 is 0 Å². The van der Waals surface area contributed by atoms with Crippen molar-refractivity contribution < 1.29 is 13.2 Å². The fourth-order valence-electron chi connectivity index (χ4n) is 1.61. The van der Waals surface area contributed by atoms with E-state index in [1.807, 2.05) is 13.8 Å².